The maximum absolute atomic E-state index is 6.39. The van der Waals surface area contributed by atoms with E-state index in [0.29, 0.717) is 18.1 Å². The van der Waals surface area contributed by atoms with Gasteiger partial charge in [-0.1, -0.05) is 6.92 Å². The van der Waals surface area contributed by atoms with E-state index >= 15 is 0 Å². The first kappa shape index (κ1) is 14.7. The Morgan fingerprint density at radius 1 is 1.25 bits per heavy atom. The Hall–Kier alpha value is -0.200. The molecule has 1 spiro atoms. The highest BCUT2D eigenvalue weighted by Gasteiger charge is 2.46. The van der Waals surface area contributed by atoms with Gasteiger partial charge in [0.15, 0.2) is 5.79 Å². The number of nitrogens with two attached hydrogens (primary N) is 1. The molecule has 0 amide bonds. The minimum Gasteiger partial charge on any atom is -0.380 e. The maximum Gasteiger partial charge on any atom is 0.170 e. The molecule has 5 nitrogen and oxygen atoms in total. The summed E-state index contributed by atoms with van der Waals surface area (Å²) in [4.78, 5) is 2.50. The second-order valence-electron chi connectivity index (χ2n) is 6.62. The van der Waals surface area contributed by atoms with Crippen molar-refractivity contribution in [3.8, 4) is 0 Å². The largest absolute Gasteiger partial charge is 0.380 e. The van der Waals surface area contributed by atoms with Crippen LogP contribution in [0.1, 0.15) is 32.6 Å². The number of likely N-dealkylation sites (tertiary alicyclic amines) is 1. The Labute approximate surface area is 121 Å². The van der Waals surface area contributed by atoms with Crippen LogP contribution in [0.15, 0.2) is 0 Å². The van der Waals surface area contributed by atoms with Crippen molar-refractivity contribution < 1.29 is 14.2 Å². The van der Waals surface area contributed by atoms with Gasteiger partial charge in [-0.05, 0) is 25.3 Å². The van der Waals surface area contributed by atoms with Crippen LogP contribution in [0.25, 0.3) is 0 Å². The van der Waals surface area contributed by atoms with Crippen LogP contribution in [-0.4, -0.2) is 62.3 Å². The molecule has 0 aromatic rings. The molecule has 2 aliphatic heterocycles. The molecule has 0 radical (unpaired) electrons. The van der Waals surface area contributed by atoms with Crippen molar-refractivity contribution in [3.63, 3.8) is 0 Å². The lowest BCUT2D eigenvalue weighted by atomic mass is 9.83. The number of rotatable bonds is 2. The summed E-state index contributed by atoms with van der Waals surface area (Å²) in [6.07, 6.45) is 4.31. The minimum atomic E-state index is -0.355. The van der Waals surface area contributed by atoms with Gasteiger partial charge >= 0.3 is 0 Å². The molecule has 1 saturated carbocycles. The van der Waals surface area contributed by atoms with Crippen LogP contribution in [0.3, 0.4) is 0 Å². The van der Waals surface area contributed by atoms with Gasteiger partial charge in [0.1, 0.15) is 0 Å². The van der Waals surface area contributed by atoms with Gasteiger partial charge in [0.2, 0.25) is 0 Å². The van der Waals surface area contributed by atoms with Crippen LogP contribution >= 0.6 is 0 Å². The molecule has 4 atom stereocenters. The van der Waals surface area contributed by atoms with Gasteiger partial charge in [-0.2, -0.15) is 0 Å². The number of piperidine rings is 1. The van der Waals surface area contributed by atoms with Crippen molar-refractivity contribution in [2.45, 2.75) is 56.6 Å². The van der Waals surface area contributed by atoms with Crippen LogP contribution in [0, 0.1) is 5.92 Å². The van der Waals surface area contributed by atoms with E-state index in [0.717, 1.165) is 45.6 Å². The molecule has 0 aromatic carbocycles. The summed E-state index contributed by atoms with van der Waals surface area (Å²) < 4.78 is 17.4. The summed E-state index contributed by atoms with van der Waals surface area (Å²) in [5.74, 6) is 0.274. The predicted molar refractivity (Wildman–Crippen MR) is 76.4 cm³/mol. The van der Waals surface area contributed by atoms with Gasteiger partial charge < -0.3 is 19.9 Å². The fourth-order valence-corrected chi connectivity index (χ4v) is 3.98. The van der Waals surface area contributed by atoms with Crippen molar-refractivity contribution in [3.05, 3.63) is 0 Å². The van der Waals surface area contributed by atoms with E-state index in [1.807, 2.05) is 7.11 Å². The Balaban J connectivity index is 1.68. The van der Waals surface area contributed by atoms with Gasteiger partial charge in [-0.25, -0.2) is 0 Å². The fourth-order valence-electron chi connectivity index (χ4n) is 3.98. The molecule has 3 rings (SSSR count). The number of hydrogen-bond donors (Lipinski definition) is 1. The molecule has 20 heavy (non-hydrogen) atoms. The Morgan fingerprint density at radius 3 is 2.70 bits per heavy atom. The molecule has 2 heterocycles. The highest BCUT2D eigenvalue weighted by atomic mass is 16.7. The monoisotopic (exact) mass is 284 g/mol. The van der Waals surface area contributed by atoms with Crippen LogP contribution in [0.5, 0.6) is 0 Å². The number of nitrogens with zero attached hydrogens (tertiary/aromatic N) is 1. The molecule has 2 saturated heterocycles. The molecule has 0 bridgehead atoms. The predicted octanol–water partition coefficient (Wildman–Crippen LogP) is 0.966. The molecule has 5 heteroatoms. The second kappa shape index (κ2) is 5.89. The average Bonchev–Trinajstić information content (AvgIpc) is 2.91. The summed E-state index contributed by atoms with van der Waals surface area (Å²) in [5.41, 5.74) is 6.39. The van der Waals surface area contributed by atoms with Crippen molar-refractivity contribution in [2.75, 3.05) is 33.4 Å². The van der Waals surface area contributed by atoms with E-state index < -0.39 is 0 Å². The smallest absolute Gasteiger partial charge is 0.170 e. The second-order valence-corrected chi connectivity index (χ2v) is 6.62. The lowest BCUT2D eigenvalue weighted by molar-refractivity contribution is -0.195. The highest BCUT2D eigenvalue weighted by molar-refractivity contribution is 4.97. The Morgan fingerprint density at radius 2 is 2.00 bits per heavy atom. The summed E-state index contributed by atoms with van der Waals surface area (Å²) in [7, 11) is 1.82. The molecule has 2 N–H and O–H groups in total. The first-order chi connectivity index (χ1) is 9.63. The van der Waals surface area contributed by atoms with Gasteiger partial charge in [0.05, 0.1) is 19.3 Å². The molecule has 116 valence electrons. The molecule has 3 aliphatic rings. The topological polar surface area (TPSA) is 57.0 Å². The number of methoxy groups -OCH3 is 1. The standard InChI is InChI=1S/C15H28N2O3/c1-11-4-6-17(10-14(11)18-2)13-9-15(5-3-12(13)16)19-7-8-20-15/h11-14H,3-10,16H2,1-2H3. The molecule has 4 unspecified atom stereocenters. The first-order valence-electron chi connectivity index (χ1n) is 7.94. The van der Waals surface area contributed by atoms with Crippen LogP contribution in [0.2, 0.25) is 0 Å². The van der Waals surface area contributed by atoms with E-state index in [1.54, 1.807) is 0 Å². The lowest BCUT2D eigenvalue weighted by Gasteiger charge is -2.48. The average molecular weight is 284 g/mol. The molecule has 0 aromatic heterocycles. The van der Waals surface area contributed by atoms with E-state index in [-0.39, 0.29) is 11.8 Å². The normalized spacial score (nSPS) is 42.1. The number of ether oxygens (including phenoxy) is 3. The fraction of sp³-hybridized carbons (Fsp3) is 1.00. The number of hydrogen-bond acceptors (Lipinski definition) is 5. The van der Waals surface area contributed by atoms with Crippen LogP contribution < -0.4 is 5.73 Å². The lowest BCUT2D eigenvalue weighted by Crippen LogP contribution is -2.59. The summed E-state index contributed by atoms with van der Waals surface area (Å²) in [6.45, 7) is 5.80. The third kappa shape index (κ3) is 2.74. The highest BCUT2D eigenvalue weighted by Crippen LogP contribution is 2.38. The van der Waals surface area contributed by atoms with Gasteiger partial charge in [-0.3, -0.25) is 4.90 Å². The summed E-state index contributed by atoms with van der Waals surface area (Å²) in [5, 5.41) is 0. The van der Waals surface area contributed by atoms with E-state index in [1.165, 1.54) is 6.42 Å². The molecule has 3 fully saturated rings. The SMILES string of the molecule is COC1CN(C2CC3(CCC2N)OCCO3)CCC1C. The van der Waals surface area contributed by atoms with E-state index in [4.69, 9.17) is 19.9 Å². The Bertz CT molecular complexity index is 333. The van der Waals surface area contributed by atoms with Crippen molar-refractivity contribution in [1.29, 1.82) is 0 Å². The Kier molecular flexibility index (Phi) is 4.34. The van der Waals surface area contributed by atoms with Crippen molar-refractivity contribution in [1.82, 2.24) is 4.90 Å². The maximum atomic E-state index is 6.39. The van der Waals surface area contributed by atoms with Gasteiger partial charge in [0.25, 0.3) is 0 Å². The first-order valence-corrected chi connectivity index (χ1v) is 7.94. The van der Waals surface area contributed by atoms with Gasteiger partial charge in [-0.15, -0.1) is 0 Å². The van der Waals surface area contributed by atoms with Crippen LogP contribution in [0.4, 0.5) is 0 Å². The minimum absolute atomic E-state index is 0.222. The van der Waals surface area contributed by atoms with Crippen molar-refractivity contribution in [2.24, 2.45) is 11.7 Å². The zero-order chi connectivity index (χ0) is 14.2. The van der Waals surface area contributed by atoms with Crippen LogP contribution in [-0.2, 0) is 14.2 Å². The van der Waals surface area contributed by atoms with E-state index in [9.17, 15) is 0 Å². The summed E-state index contributed by atoms with van der Waals surface area (Å²) >= 11 is 0. The molecular weight excluding hydrogens is 256 g/mol. The molecule has 1 aliphatic carbocycles. The third-order valence-electron chi connectivity index (χ3n) is 5.38. The quantitative estimate of drug-likeness (QED) is 0.819. The molecular formula is C15H28N2O3. The zero-order valence-corrected chi connectivity index (χ0v) is 12.7. The van der Waals surface area contributed by atoms with Gasteiger partial charge in [0, 0.05) is 38.6 Å². The zero-order valence-electron chi connectivity index (χ0n) is 12.7. The van der Waals surface area contributed by atoms with Crippen molar-refractivity contribution >= 4 is 0 Å². The third-order valence-corrected chi connectivity index (χ3v) is 5.38. The van der Waals surface area contributed by atoms with E-state index in [2.05, 4.69) is 11.8 Å². The summed E-state index contributed by atoms with van der Waals surface area (Å²) in [6, 6.07) is 0.575.